The summed E-state index contributed by atoms with van der Waals surface area (Å²) in [5, 5.41) is 4.19. The molecule has 0 aromatic carbocycles. The lowest BCUT2D eigenvalue weighted by Crippen LogP contribution is -2.49. The molecule has 78 valence electrons. The minimum Gasteiger partial charge on any atom is -0.327 e. The Hall–Kier alpha value is -0.900. The molecule has 1 aromatic rings. The highest BCUT2D eigenvalue weighted by Crippen LogP contribution is 2.37. The first-order valence-corrected chi connectivity index (χ1v) is 4.92. The van der Waals surface area contributed by atoms with Gasteiger partial charge in [0.25, 0.3) is 0 Å². The molecule has 3 nitrogen and oxygen atoms in total. The third-order valence-corrected chi connectivity index (χ3v) is 2.85. The number of rotatable bonds is 2. The van der Waals surface area contributed by atoms with Crippen molar-refractivity contribution in [3.63, 3.8) is 0 Å². The van der Waals surface area contributed by atoms with Gasteiger partial charge in [-0.25, -0.2) is 4.39 Å². The number of aromatic nitrogens is 2. The first-order chi connectivity index (χ1) is 6.48. The summed E-state index contributed by atoms with van der Waals surface area (Å²) < 4.78 is 15.7. The van der Waals surface area contributed by atoms with Crippen molar-refractivity contribution in [1.29, 1.82) is 0 Å². The molecule has 0 aliphatic heterocycles. The SMILES string of the molecule is Cc1cc(CC2(F)CC(N)C2)n(C)n1. The van der Waals surface area contributed by atoms with Crippen molar-refractivity contribution in [3.05, 3.63) is 17.5 Å². The van der Waals surface area contributed by atoms with Gasteiger partial charge in [-0.3, -0.25) is 4.68 Å². The summed E-state index contributed by atoms with van der Waals surface area (Å²) in [4.78, 5) is 0. The summed E-state index contributed by atoms with van der Waals surface area (Å²) in [6.07, 6.45) is 1.41. The van der Waals surface area contributed by atoms with Gasteiger partial charge in [0.05, 0.1) is 5.69 Å². The third kappa shape index (κ3) is 1.66. The van der Waals surface area contributed by atoms with E-state index in [1.807, 2.05) is 20.0 Å². The maximum absolute atomic E-state index is 13.9. The lowest BCUT2D eigenvalue weighted by atomic mass is 9.75. The van der Waals surface area contributed by atoms with Gasteiger partial charge in [0, 0.05) is 25.2 Å². The normalized spacial score (nSPS) is 31.6. The van der Waals surface area contributed by atoms with E-state index in [9.17, 15) is 4.39 Å². The summed E-state index contributed by atoms with van der Waals surface area (Å²) in [7, 11) is 1.85. The molecule has 0 amide bonds. The molecule has 14 heavy (non-hydrogen) atoms. The molecule has 2 rings (SSSR count). The number of alkyl halides is 1. The van der Waals surface area contributed by atoms with Crippen LogP contribution >= 0.6 is 0 Å². The number of nitrogens with two attached hydrogens (primary N) is 1. The summed E-state index contributed by atoms with van der Waals surface area (Å²) in [6, 6.07) is 1.99. The van der Waals surface area contributed by atoms with E-state index in [0.717, 1.165) is 11.4 Å². The molecule has 0 atom stereocenters. The van der Waals surface area contributed by atoms with E-state index in [4.69, 9.17) is 5.73 Å². The van der Waals surface area contributed by atoms with Crippen molar-refractivity contribution < 1.29 is 4.39 Å². The molecule has 1 heterocycles. The van der Waals surface area contributed by atoms with Gasteiger partial charge in [0.1, 0.15) is 5.67 Å². The predicted octanol–water partition coefficient (Wildman–Crippen LogP) is 1.10. The average molecular weight is 197 g/mol. The quantitative estimate of drug-likeness (QED) is 0.771. The van der Waals surface area contributed by atoms with Crippen LogP contribution in [-0.4, -0.2) is 21.5 Å². The molecule has 0 spiro atoms. The summed E-state index contributed by atoms with van der Waals surface area (Å²) in [6.45, 7) is 1.92. The molecule has 1 fully saturated rings. The van der Waals surface area contributed by atoms with E-state index in [1.165, 1.54) is 0 Å². The van der Waals surface area contributed by atoms with E-state index in [0.29, 0.717) is 19.3 Å². The third-order valence-electron chi connectivity index (χ3n) is 2.85. The van der Waals surface area contributed by atoms with Gasteiger partial charge in [0.15, 0.2) is 0 Å². The fraction of sp³-hybridized carbons (Fsp3) is 0.700. The molecule has 0 bridgehead atoms. The highest BCUT2D eigenvalue weighted by molar-refractivity contribution is 5.14. The number of nitrogens with zero attached hydrogens (tertiary/aromatic N) is 2. The Balaban J connectivity index is 2.07. The van der Waals surface area contributed by atoms with Crippen LogP contribution in [-0.2, 0) is 13.5 Å². The zero-order valence-corrected chi connectivity index (χ0v) is 8.63. The number of hydrogen-bond donors (Lipinski definition) is 1. The largest absolute Gasteiger partial charge is 0.327 e. The van der Waals surface area contributed by atoms with E-state index in [-0.39, 0.29) is 6.04 Å². The summed E-state index contributed by atoms with van der Waals surface area (Å²) in [5.41, 5.74) is 6.40. The molecule has 1 saturated carbocycles. The minimum atomic E-state index is -1.08. The first kappa shape index (κ1) is 9.65. The van der Waals surface area contributed by atoms with Gasteiger partial charge in [-0.1, -0.05) is 0 Å². The van der Waals surface area contributed by atoms with Crippen LogP contribution < -0.4 is 5.73 Å². The van der Waals surface area contributed by atoms with Crippen molar-refractivity contribution in [2.24, 2.45) is 12.8 Å². The molecule has 0 radical (unpaired) electrons. The highest BCUT2D eigenvalue weighted by Gasteiger charge is 2.43. The Morgan fingerprint density at radius 2 is 2.36 bits per heavy atom. The molecule has 0 unspecified atom stereocenters. The Labute approximate surface area is 83.1 Å². The van der Waals surface area contributed by atoms with Gasteiger partial charge < -0.3 is 5.73 Å². The Kier molecular flexibility index (Phi) is 2.10. The lowest BCUT2D eigenvalue weighted by Gasteiger charge is -2.39. The van der Waals surface area contributed by atoms with E-state index < -0.39 is 5.67 Å². The van der Waals surface area contributed by atoms with Gasteiger partial charge in [-0.05, 0) is 25.8 Å². The molecule has 1 aromatic heterocycles. The van der Waals surface area contributed by atoms with Crippen molar-refractivity contribution in [2.45, 2.75) is 37.9 Å². The molecule has 0 saturated heterocycles. The fourth-order valence-electron chi connectivity index (χ4n) is 2.18. The zero-order chi connectivity index (χ0) is 10.3. The van der Waals surface area contributed by atoms with Crippen LogP contribution in [0.5, 0.6) is 0 Å². The van der Waals surface area contributed by atoms with Crippen LogP contribution in [0.2, 0.25) is 0 Å². The van der Waals surface area contributed by atoms with Crippen LogP contribution in [0.15, 0.2) is 6.07 Å². The van der Waals surface area contributed by atoms with Gasteiger partial charge >= 0.3 is 0 Å². The molecule has 1 aliphatic rings. The molecule has 2 N–H and O–H groups in total. The zero-order valence-electron chi connectivity index (χ0n) is 8.63. The van der Waals surface area contributed by atoms with Crippen molar-refractivity contribution in [3.8, 4) is 0 Å². The van der Waals surface area contributed by atoms with Gasteiger partial charge in [-0.2, -0.15) is 5.10 Å². The smallest absolute Gasteiger partial charge is 0.119 e. The number of aryl methyl sites for hydroxylation is 2. The Morgan fingerprint density at radius 1 is 1.71 bits per heavy atom. The Bertz CT molecular complexity index is 339. The van der Waals surface area contributed by atoms with E-state index in [1.54, 1.807) is 4.68 Å². The summed E-state index contributed by atoms with van der Waals surface area (Å²) >= 11 is 0. The standard InChI is InChI=1S/C10H16FN3/c1-7-3-9(14(2)13-7)6-10(11)4-8(12)5-10/h3,8H,4-6,12H2,1-2H3. The maximum Gasteiger partial charge on any atom is 0.119 e. The van der Waals surface area contributed by atoms with Crippen molar-refractivity contribution in [1.82, 2.24) is 9.78 Å². The van der Waals surface area contributed by atoms with Crippen LogP contribution in [0.25, 0.3) is 0 Å². The number of halogens is 1. The molecule has 4 heteroatoms. The summed E-state index contributed by atoms with van der Waals surface area (Å²) in [5.74, 6) is 0. The molecular weight excluding hydrogens is 181 g/mol. The fourth-order valence-corrected chi connectivity index (χ4v) is 2.18. The molecule has 1 aliphatic carbocycles. The van der Waals surface area contributed by atoms with Crippen molar-refractivity contribution in [2.75, 3.05) is 0 Å². The minimum absolute atomic E-state index is 0.0503. The van der Waals surface area contributed by atoms with Crippen LogP contribution in [0, 0.1) is 6.92 Å². The Morgan fingerprint density at radius 3 is 2.79 bits per heavy atom. The monoisotopic (exact) mass is 197 g/mol. The van der Waals surface area contributed by atoms with Crippen LogP contribution in [0.3, 0.4) is 0 Å². The van der Waals surface area contributed by atoms with Crippen molar-refractivity contribution >= 4 is 0 Å². The second kappa shape index (κ2) is 3.05. The van der Waals surface area contributed by atoms with E-state index >= 15 is 0 Å². The topological polar surface area (TPSA) is 43.8 Å². The van der Waals surface area contributed by atoms with Gasteiger partial charge in [0.2, 0.25) is 0 Å². The van der Waals surface area contributed by atoms with Gasteiger partial charge in [-0.15, -0.1) is 0 Å². The number of hydrogen-bond acceptors (Lipinski definition) is 2. The first-order valence-electron chi connectivity index (χ1n) is 4.92. The average Bonchev–Trinajstić information content (AvgIpc) is 2.27. The van der Waals surface area contributed by atoms with Crippen LogP contribution in [0.1, 0.15) is 24.2 Å². The predicted molar refractivity (Wildman–Crippen MR) is 52.7 cm³/mol. The van der Waals surface area contributed by atoms with E-state index in [2.05, 4.69) is 5.10 Å². The molecular formula is C10H16FN3. The maximum atomic E-state index is 13.9. The second-order valence-corrected chi connectivity index (χ2v) is 4.40. The van der Waals surface area contributed by atoms with Crippen LogP contribution in [0.4, 0.5) is 4.39 Å². The highest BCUT2D eigenvalue weighted by atomic mass is 19.1. The lowest BCUT2D eigenvalue weighted by molar-refractivity contribution is 0.0426. The second-order valence-electron chi connectivity index (χ2n) is 4.40.